The Bertz CT molecular complexity index is 862. The van der Waals surface area contributed by atoms with Crippen molar-refractivity contribution in [3.8, 4) is 5.75 Å². The number of benzene rings is 2. The van der Waals surface area contributed by atoms with E-state index in [-0.39, 0.29) is 5.57 Å². The fourth-order valence-electron chi connectivity index (χ4n) is 2.36. The van der Waals surface area contributed by atoms with Gasteiger partial charge >= 0.3 is 0 Å². The van der Waals surface area contributed by atoms with Gasteiger partial charge in [0.1, 0.15) is 17.9 Å². The summed E-state index contributed by atoms with van der Waals surface area (Å²) in [5, 5.41) is 1.61. The first-order chi connectivity index (χ1) is 12.1. The molecule has 3 rings (SSSR count). The minimum absolute atomic E-state index is 0.0414. The Morgan fingerprint density at radius 3 is 2.60 bits per heavy atom. The summed E-state index contributed by atoms with van der Waals surface area (Å²) in [6.07, 6.45) is 3.12. The Morgan fingerprint density at radius 1 is 1.16 bits per heavy atom. The summed E-state index contributed by atoms with van der Waals surface area (Å²) in [6, 6.07) is 13.9. The molecule has 0 aliphatic carbocycles. The van der Waals surface area contributed by atoms with Crippen LogP contribution >= 0.6 is 11.6 Å². The number of para-hydroxylation sites is 1. The molecule has 0 radical (unpaired) electrons. The normalized spacial score (nSPS) is 15.4. The molecular formula is C19H15ClN2O3. The van der Waals surface area contributed by atoms with E-state index in [1.54, 1.807) is 48.5 Å². The maximum atomic E-state index is 12.5. The summed E-state index contributed by atoms with van der Waals surface area (Å²) in [4.78, 5) is 24.7. The molecule has 0 atom stereocenters. The van der Waals surface area contributed by atoms with Crippen LogP contribution < -0.4 is 15.2 Å². The molecule has 1 fully saturated rings. The summed E-state index contributed by atoms with van der Waals surface area (Å²) in [5.74, 6) is -0.368. The van der Waals surface area contributed by atoms with Crippen LogP contribution in [0.15, 0.2) is 66.8 Å². The Morgan fingerprint density at radius 2 is 1.92 bits per heavy atom. The maximum absolute atomic E-state index is 12.5. The number of ether oxygens (including phenoxy) is 1. The van der Waals surface area contributed by atoms with Gasteiger partial charge < -0.3 is 4.74 Å². The molecule has 1 aliphatic rings. The largest absolute Gasteiger partial charge is 0.488 e. The average molecular weight is 355 g/mol. The summed E-state index contributed by atoms with van der Waals surface area (Å²) >= 11 is 6.16. The Kier molecular flexibility index (Phi) is 4.86. The first-order valence-corrected chi connectivity index (χ1v) is 7.93. The number of anilines is 1. The second-order valence-corrected chi connectivity index (χ2v) is 5.67. The number of halogens is 1. The van der Waals surface area contributed by atoms with Crippen molar-refractivity contribution in [3.05, 3.63) is 77.3 Å². The zero-order chi connectivity index (χ0) is 17.8. The van der Waals surface area contributed by atoms with E-state index in [4.69, 9.17) is 16.3 Å². The lowest BCUT2D eigenvalue weighted by Crippen LogP contribution is -2.35. The van der Waals surface area contributed by atoms with Gasteiger partial charge in [-0.25, -0.2) is 5.01 Å². The van der Waals surface area contributed by atoms with Crippen LogP contribution in [-0.2, 0) is 9.59 Å². The second-order valence-electron chi connectivity index (χ2n) is 5.26. The van der Waals surface area contributed by atoms with E-state index >= 15 is 0 Å². The predicted molar refractivity (Wildman–Crippen MR) is 97.2 cm³/mol. The van der Waals surface area contributed by atoms with Gasteiger partial charge in [-0.1, -0.05) is 48.5 Å². The van der Waals surface area contributed by atoms with Gasteiger partial charge in [0.2, 0.25) is 0 Å². The fraction of sp³-hybridized carbons (Fsp3) is 0.0526. The van der Waals surface area contributed by atoms with Crippen LogP contribution in [0.2, 0.25) is 5.02 Å². The van der Waals surface area contributed by atoms with Gasteiger partial charge in [-0.05, 0) is 35.9 Å². The highest BCUT2D eigenvalue weighted by molar-refractivity contribution is 6.33. The van der Waals surface area contributed by atoms with Crippen molar-refractivity contribution in [1.82, 2.24) is 5.43 Å². The van der Waals surface area contributed by atoms with Crippen molar-refractivity contribution in [2.24, 2.45) is 0 Å². The lowest BCUT2D eigenvalue weighted by Gasteiger charge is -2.13. The molecule has 6 heteroatoms. The highest BCUT2D eigenvalue weighted by atomic mass is 35.5. The van der Waals surface area contributed by atoms with Crippen LogP contribution in [0.4, 0.5) is 5.69 Å². The topological polar surface area (TPSA) is 58.6 Å². The van der Waals surface area contributed by atoms with Crippen molar-refractivity contribution < 1.29 is 14.3 Å². The smallest absolute Gasteiger partial charge is 0.282 e. The van der Waals surface area contributed by atoms with E-state index < -0.39 is 11.8 Å². The molecule has 126 valence electrons. The van der Waals surface area contributed by atoms with E-state index in [9.17, 15) is 9.59 Å². The third kappa shape index (κ3) is 3.56. The molecule has 0 aromatic heterocycles. The molecule has 2 aromatic rings. The molecule has 2 aromatic carbocycles. The number of hydrogen-bond acceptors (Lipinski definition) is 3. The lowest BCUT2D eigenvalue weighted by molar-refractivity contribution is -0.117. The molecule has 1 aliphatic heterocycles. The van der Waals surface area contributed by atoms with Gasteiger partial charge in [0.25, 0.3) is 11.8 Å². The average Bonchev–Trinajstić information content (AvgIpc) is 2.90. The molecule has 2 amide bonds. The van der Waals surface area contributed by atoms with Crippen LogP contribution in [0.1, 0.15) is 5.56 Å². The SMILES string of the molecule is C=CCOc1ccc(C=C2C(=O)NN(c3ccccc3)C2=O)cc1Cl. The number of amides is 2. The molecule has 5 nitrogen and oxygen atoms in total. The van der Waals surface area contributed by atoms with Crippen molar-refractivity contribution in [2.75, 3.05) is 11.6 Å². The quantitative estimate of drug-likeness (QED) is 0.509. The van der Waals surface area contributed by atoms with E-state index in [0.29, 0.717) is 28.6 Å². The Hall–Kier alpha value is -3.05. The number of nitrogens with zero attached hydrogens (tertiary/aromatic N) is 1. The highest BCUT2D eigenvalue weighted by Crippen LogP contribution is 2.27. The first kappa shape index (κ1) is 16.8. The number of rotatable bonds is 5. The number of hydrogen-bond donors (Lipinski definition) is 1. The van der Waals surface area contributed by atoms with Gasteiger partial charge in [-0.3, -0.25) is 15.0 Å². The van der Waals surface area contributed by atoms with Gasteiger partial charge in [-0.15, -0.1) is 0 Å². The molecule has 0 saturated carbocycles. The van der Waals surface area contributed by atoms with Crippen LogP contribution in [0.25, 0.3) is 6.08 Å². The minimum atomic E-state index is -0.461. The van der Waals surface area contributed by atoms with Crippen molar-refractivity contribution >= 4 is 35.2 Å². The van der Waals surface area contributed by atoms with Crippen molar-refractivity contribution in [2.45, 2.75) is 0 Å². The number of hydrazine groups is 1. The molecule has 1 heterocycles. The van der Waals surface area contributed by atoms with Crippen LogP contribution in [-0.4, -0.2) is 18.4 Å². The third-order valence-electron chi connectivity index (χ3n) is 3.53. The number of carbonyl (C=O) groups is 2. The zero-order valence-corrected chi connectivity index (χ0v) is 14.0. The Balaban J connectivity index is 1.86. The van der Waals surface area contributed by atoms with E-state index in [0.717, 1.165) is 0 Å². The number of carbonyl (C=O) groups excluding carboxylic acids is 2. The van der Waals surface area contributed by atoms with Gasteiger partial charge in [0.15, 0.2) is 0 Å². The summed E-state index contributed by atoms with van der Waals surface area (Å²) < 4.78 is 5.40. The monoisotopic (exact) mass is 354 g/mol. The highest BCUT2D eigenvalue weighted by Gasteiger charge is 2.34. The van der Waals surface area contributed by atoms with Crippen molar-refractivity contribution in [1.29, 1.82) is 0 Å². The molecule has 25 heavy (non-hydrogen) atoms. The predicted octanol–water partition coefficient (Wildman–Crippen LogP) is 3.37. The molecule has 0 bridgehead atoms. The van der Waals surface area contributed by atoms with Crippen LogP contribution in [0.5, 0.6) is 5.75 Å². The summed E-state index contributed by atoms with van der Waals surface area (Å²) in [5.41, 5.74) is 3.82. The van der Waals surface area contributed by atoms with Crippen LogP contribution in [0.3, 0.4) is 0 Å². The zero-order valence-electron chi connectivity index (χ0n) is 13.2. The standard InChI is InChI=1S/C19H15ClN2O3/c1-2-10-25-17-9-8-13(12-16(17)20)11-15-18(23)21-22(19(15)24)14-6-4-3-5-7-14/h2-9,11-12H,1,10H2,(H,21,23). The summed E-state index contributed by atoms with van der Waals surface area (Å²) in [7, 11) is 0. The first-order valence-electron chi connectivity index (χ1n) is 7.55. The Labute approximate surface area is 150 Å². The summed E-state index contributed by atoms with van der Waals surface area (Å²) in [6.45, 7) is 3.92. The van der Waals surface area contributed by atoms with Crippen LogP contribution in [0, 0.1) is 0 Å². The molecule has 1 N–H and O–H groups in total. The van der Waals surface area contributed by atoms with E-state index in [1.807, 2.05) is 6.07 Å². The number of nitrogens with one attached hydrogen (secondary N) is 1. The molecule has 0 spiro atoms. The maximum Gasteiger partial charge on any atom is 0.282 e. The van der Waals surface area contributed by atoms with Gasteiger partial charge in [0, 0.05) is 0 Å². The molecule has 1 saturated heterocycles. The third-order valence-corrected chi connectivity index (χ3v) is 3.82. The van der Waals surface area contributed by atoms with Gasteiger partial charge in [-0.2, -0.15) is 0 Å². The van der Waals surface area contributed by atoms with E-state index in [1.165, 1.54) is 11.1 Å². The molecular weight excluding hydrogens is 340 g/mol. The van der Waals surface area contributed by atoms with Gasteiger partial charge in [0.05, 0.1) is 10.7 Å². The fourth-order valence-corrected chi connectivity index (χ4v) is 2.60. The lowest BCUT2D eigenvalue weighted by atomic mass is 10.1. The van der Waals surface area contributed by atoms with Crippen molar-refractivity contribution in [3.63, 3.8) is 0 Å². The van der Waals surface area contributed by atoms with E-state index in [2.05, 4.69) is 12.0 Å². The minimum Gasteiger partial charge on any atom is -0.488 e. The molecule has 0 unspecified atom stereocenters. The second kappa shape index (κ2) is 7.23.